The molecule has 6 heteroatoms. The summed E-state index contributed by atoms with van der Waals surface area (Å²) in [5.41, 5.74) is 1.97. The van der Waals surface area contributed by atoms with E-state index in [2.05, 4.69) is 47.8 Å². The van der Waals surface area contributed by atoms with Gasteiger partial charge >= 0.3 is 6.03 Å². The number of urea groups is 1. The minimum Gasteiger partial charge on any atom is -0.487 e. The molecule has 2 amide bonds. The number of imidazole rings is 1. The monoisotopic (exact) mass is 382 g/mol. The van der Waals surface area contributed by atoms with Crippen molar-refractivity contribution in [3.05, 3.63) is 48.0 Å². The third kappa shape index (κ3) is 4.16. The molecule has 3 heterocycles. The quantitative estimate of drug-likeness (QED) is 0.875. The fourth-order valence-corrected chi connectivity index (χ4v) is 4.35. The molecule has 0 bridgehead atoms. The summed E-state index contributed by atoms with van der Waals surface area (Å²) < 4.78 is 8.25. The molecule has 0 aliphatic carbocycles. The van der Waals surface area contributed by atoms with Gasteiger partial charge in [0.25, 0.3) is 0 Å². The van der Waals surface area contributed by atoms with Crippen LogP contribution < -0.4 is 10.1 Å². The zero-order valence-corrected chi connectivity index (χ0v) is 17.0. The van der Waals surface area contributed by atoms with E-state index in [4.69, 9.17) is 4.74 Å². The molecule has 0 unspecified atom stereocenters. The van der Waals surface area contributed by atoms with Gasteiger partial charge in [-0.3, -0.25) is 0 Å². The summed E-state index contributed by atoms with van der Waals surface area (Å²) >= 11 is 0. The highest BCUT2D eigenvalue weighted by Gasteiger charge is 2.35. The van der Waals surface area contributed by atoms with E-state index in [9.17, 15) is 4.79 Å². The average molecular weight is 383 g/mol. The SMILES string of the molecule is Cc1ccc2c(c1)[C@@H](NC(=O)N1CCC(Cn3ccnc3)CC1)CC(C)(C)O2. The molecule has 2 aliphatic rings. The highest BCUT2D eigenvalue weighted by molar-refractivity contribution is 5.75. The topological polar surface area (TPSA) is 59.4 Å². The van der Waals surface area contributed by atoms with Gasteiger partial charge in [0.15, 0.2) is 0 Å². The van der Waals surface area contributed by atoms with Crippen molar-refractivity contribution in [2.75, 3.05) is 13.1 Å². The molecule has 4 rings (SSSR count). The normalized spacial score (nSPS) is 21.7. The first-order valence-electron chi connectivity index (χ1n) is 10.2. The van der Waals surface area contributed by atoms with Gasteiger partial charge in [-0.25, -0.2) is 9.78 Å². The molecule has 1 saturated heterocycles. The van der Waals surface area contributed by atoms with Gasteiger partial charge < -0.3 is 19.5 Å². The lowest BCUT2D eigenvalue weighted by molar-refractivity contribution is 0.0657. The molecule has 0 radical (unpaired) electrons. The van der Waals surface area contributed by atoms with E-state index < -0.39 is 0 Å². The number of benzene rings is 1. The number of piperidine rings is 1. The third-order valence-corrected chi connectivity index (χ3v) is 5.85. The number of amides is 2. The first-order chi connectivity index (χ1) is 13.4. The summed E-state index contributed by atoms with van der Waals surface area (Å²) in [7, 11) is 0. The lowest BCUT2D eigenvalue weighted by atomic mass is 9.89. The lowest BCUT2D eigenvalue weighted by Gasteiger charge is -2.39. The van der Waals surface area contributed by atoms with E-state index in [-0.39, 0.29) is 17.7 Å². The maximum absolute atomic E-state index is 13.0. The number of ether oxygens (including phenoxy) is 1. The molecule has 28 heavy (non-hydrogen) atoms. The molecule has 1 N–H and O–H groups in total. The second-order valence-electron chi connectivity index (χ2n) is 8.80. The lowest BCUT2D eigenvalue weighted by Crippen LogP contribution is -2.48. The van der Waals surface area contributed by atoms with Gasteiger partial charge in [-0.15, -0.1) is 0 Å². The van der Waals surface area contributed by atoms with Gasteiger partial charge in [-0.05, 0) is 45.6 Å². The summed E-state index contributed by atoms with van der Waals surface area (Å²) in [6.07, 6.45) is 8.52. The molecule has 1 aromatic heterocycles. The van der Waals surface area contributed by atoms with E-state index in [1.165, 1.54) is 5.56 Å². The van der Waals surface area contributed by atoms with Crippen molar-refractivity contribution >= 4 is 6.03 Å². The number of aromatic nitrogens is 2. The van der Waals surface area contributed by atoms with Crippen molar-refractivity contribution in [2.24, 2.45) is 5.92 Å². The van der Waals surface area contributed by atoms with Crippen LogP contribution in [0.2, 0.25) is 0 Å². The molecule has 1 aromatic carbocycles. The van der Waals surface area contributed by atoms with Crippen LogP contribution in [0.15, 0.2) is 36.9 Å². The molecule has 0 spiro atoms. The van der Waals surface area contributed by atoms with Crippen molar-refractivity contribution in [1.82, 2.24) is 19.8 Å². The number of hydrogen-bond acceptors (Lipinski definition) is 3. The van der Waals surface area contributed by atoms with Crippen LogP contribution in [-0.2, 0) is 6.54 Å². The van der Waals surface area contributed by atoms with E-state index in [1.54, 1.807) is 0 Å². The Labute approximate surface area is 166 Å². The number of carbonyl (C=O) groups is 1. The summed E-state index contributed by atoms with van der Waals surface area (Å²) in [6.45, 7) is 8.82. The van der Waals surface area contributed by atoms with Gasteiger partial charge in [0, 0.05) is 44.0 Å². The molecule has 6 nitrogen and oxygen atoms in total. The maximum atomic E-state index is 13.0. The van der Waals surface area contributed by atoms with Gasteiger partial charge in [0.2, 0.25) is 0 Å². The number of likely N-dealkylation sites (tertiary alicyclic amines) is 1. The van der Waals surface area contributed by atoms with Crippen molar-refractivity contribution < 1.29 is 9.53 Å². The maximum Gasteiger partial charge on any atom is 0.317 e. The highest BCUT2D eigenvalue weighted by atomic mass is 16.5. The first-order valence-corrected chi connectivity index (χ1v) is 10.2. The molecule has 1 atom stereocenters. The Morgan fingerprint density at radius 2 is 2.11 bits per heavy atom. The van der Waals surface area contributed by atoms with Crippen molar-refractivity contribution in [2.45, 2.75) is 58.2 Å². The predicted octanol–water partition coefficient (Wildman–Crippen LogP) is 3.92. The van der Waals surface area contributed by atoms with Crippen LogP contribution >= 0.6 is 0 Å². The Morgan fingerprint density at radius 3 is 2.82 bits per heavy atom. The third-order valence-electron chi connectivity index (χ3n) is 5.85. The summed E-state index contributed by atoms with van der Waals surface area (Å²) in [5, 5.41) is 3.28. The van der Waals surface area contributed by atoms with Gasteiger partial charge in [0.1, 0.15) is 11.4 Å². The van der Waals surface area contributed by atoms with Crippen LogP contribution in [0, 0.1) is 12.8 Å². The van der Waals surface area contributed by atoms with Crippen LogP contribution in [0.3, 0.4) is 0 Å². The standard InChI is InChI=1S/C22H30N4O2/c1-16-4-5-20-18(12-16)19(13-22(2,3)28-20)24-21(27)26-9-6-17(7-10-26)14-25-11-8-23-15-25/h4-5,8,11-12,15,17,19H,6-7,9-10,13-14H2,1-3H3,(H,24,27)/t19-/m0/s1. The van der Waals surface area contributed by atoms with Crippen molar-refractivity contribution in [3.8, 4) is 5.75 Å². The van der Waals surface area contributed by atoms with E-state index in [0.29, 0.717) is 5.92 Å². The summed E-state index contributed by atoms with van der Waals surface area (Å²) in [6, 6.07) is 6.23. The first kappa shape index (κ1) is 18.8. The minimum atomic E-state index is -0.294. The number of nitrogens with zero attached hydrogens (tertiary/aromatic N) is 3. The van der Waals surface area contributed by atoms with E-state index in [1.807, 2.05) is 29.7 Å². The van der Waals surface area contributed by atoms with Gasteiger partial charge in [0.05, 0.1) is 12.4 Å². The molecule has 0 saturated carbocycles. The largest absolute Gasteiger partial charge is 0.487 e. The zero-order valence-electron chi connectivity index (χ0n) is 17.0. The summed E-state index contributed by atoms with van der Waals surface area (Å²) in [4.78, 5) is 19.0. The highest BCUT2D eigenvalue weighted by Crippen LogP contribution is 2.40. The smallest absolute Gasteiger partial charge is 0.317 e. The second kappa shape index (κ2) is 7.49. The van der Waals surface area contributed by atoms with Crippen LogP contribution in [0.25, 0.3) is 0 Å². The molecule has 1 fully saturated rings. The van der Waals surface area contributed by atoms with Crippen LogP contribution in [0.5, 0.6) is 5.75 Å². The molecule has 2 aromatic rings. The predicted molar refractivity (Wildman–Crippen MR) is 108 cm³/mol. The van der Waals surface area contributed by atoms with Crippen LogP contribution in [0.4, 0.5) is 4.79 Å². The number of nitrogens with one attached hydrogen (secondary N) is 1. The van der Waals surface area contributed by atoms with Crippen LogP contribution in [-0.4, -0.2) is 39.2 Å². The van der Waals surface area contributed by atoms with Crippen molar-refractivity contribution in [1.29, 1.82) is 0 Å². The Bertz CT molecular complexity index is 823. The fraction of sp³-hybridized carbons (Fsp3) is 0.545. The zero-order chi connectivity index (χ0) is 19.7. The Morgan fingerprint density at radius 1 is 1.32 bits per heavy atom. The number of hydrogen-bond donors (Lipinski definition) is 1. The summed E-state index contributed by atoms with van der Waals surface area (Å²) in [5.74, 6) is 1.48. The van der Waals surface area contributed by atoms with Gasteiger partial charge in [-0.1, -0.05) is 17.7 Å². The number of aryl methyl sites for hydroxylation is 1. The van der Waals surface area contributed by atoms with Gasteiger partial charge in [-0.2, -0.15) is 0 Å². The molecule has 150 valence electrons. The molecular formula is C22H30N4O2. The minimum absolute atomic E-state index is 0.0187. The molecular weight excluding hydrogens is 352 g/mol. The van der Waals surface area contributed by atoms with E-state index >= 15 is 0 Å². The van der Waals surface area contributed by atoms with Crippen LogP contribution in [0.1, 0.15) is 50.3 Å². The Balaban J connectivity index is 1.38. The Hall–Kier alpha value is -2.50. The molecule has 2 aliphatic heterocycles. The average Bonchev–Trinajstić information content (AvgIpc) is 3.15. The Kier molecular flexibility index (Phi) is 5.04. The number of fused-ring (bicyclic) bond motifs is 1. The number of rotatable bonds is 3. The fourth-order valence-electron chi connectivity index (χ4n) is 4.35. The van der Waals surface area contributed by atoms with E-state index in [0.717, 1.165) is 50.2 Å². The number of carbonyl (C=O) groups excluding carboxylic acids is 1. The second-order valence-corrected chi connectivity index (χ2v) is 8.80. The van der Waals surface area contributed by atoms with Crippen molar-refractivity contribution in [3.63, 3.8) is 0 Å².